The van der Waals surface area contributed by atoms with E-state index < -0.39 is 0 Å². The summed E-state index contributed by atoms with van der Waals surface area (Å²) < 4.78 is 0. The minimum Gasteiger partial charge on any atom is -0.330 e. The van der Waals surface area contributed by atoms with E-state index in [0.717, 1.165) is 30.1 Å². The van der Waals surface area contributed by atoms with Crippen LogP contribution in [0.25, 0.3) is 0 Å². The Morgan fingerprint density at radius 3 is 2.75 bits per heavy atom. The molecule has 1 heterocycles. The molecule has 0 aliphatic heterocycles. The van der Waals surface area contributed by atoms with Crippen LogP contribution >= 0.6 is 0 Å². The van der Waals surface area contributed by atoms with Crippen molar-refractivity contribution in [2.24, 2.45) is 5.73 Å². The van der Waals surface area contributed by atoms with Crippen LogP contribution in [0.1, 0.15) is 24.1 Å². The molecule has 0 fully saturated rings. The summed E-state index contributed by atoms with van der Waals surface area (Å²) in [4.78, 5) is 8.63. The van der Waals surface area contributed by atoms with Crippen molar-refractivity contribution in [1.29, 1.82) is 0 Å². The lowest BCUT2D eigenvalue weighted by molar-refractivity contribution is 0.842. The lowest BCUT2D eigenvalue weighted by Crippen LogP contribution is -2.07. The van der Waals surface area contributed by atoms with Crippen molar-refractivity contribution >= 4 is 0 Å². The summed E-state index contributed by atoms with van der Waals surface area (Å²) in [7, 11) is 0. The van der Waals surface area contributed by atoms with Gasteiger partial charge in [0.05, 0.1) is 0 Å². The number of rotatable bonds is 3. The molecule has 0 amide bonds. The normalized spacial score (nSPS) is 10.2. The van der Waals surface area contributed by atoms with E-state index in [9.17, 15) is 0 Å². The Morgan fingerprint density at radius 1 is 1.42 bits per heavy atom. The van der Waals surface area contributed by atoms with Gasteiger partial charge in [0.2, 0.25) is 0 Å². The number of aryl methyl sites for hydroxylation is 2. The second-order valence-corrected chi connectivity index (χ2v) is 2.81. The Labute approximate surface area is 73.0 Å². The minimum absolute atomic E-state index is 0.652. The van der Waals surface area contributed by atoms with Crippen LogP contribution in [0.15, 0.2) is 6.07 Å². The van der Waals surface area contributed by atoms with Crippen molar-refractivity contribution in [3.63, 3.8) is 0 Å². The summed E-state index contributed by atoms with van der Waals surface area (Å²) in [6, 6.07) is 1.99. The zero-order valence-electron chi connectivity index (χ0n) is 7.67. The average Bonchev–Trinajstić information content (AvgIpc) is 2.04. The second kappa shape index (κ2) is 4.16. The van der Waals surface area contributed by atoms with E-state index in [1.54, 1.807) is 0 Å². The number of hydrogen-bond acceptors (Lipinski definition) is 3. The lowest BCUT2D eigenvalue weighted by Gasteiger charge is -2.02. The third kappa shape index (κ3) is 2.27. The highest BCUT2D eigenvalue weighted by molar-refractivity contribution is 5.10. The minimum atomic E-state index is 0.652. The standard InChI is InChI=1S/C9H15N3/c1-3-9-11-7(2)6-8(12-9)4-5-10/h6H,3-5,10H2,1-2H3. The van der Waals surface area contributed by atoms with Gasteiger partial charge in [0.15, 0.2) is 0 Å². The number of nitrogens with zero attached hydrogens (tertiary/aromatic N) is 2. The molecule has 0 saturated heterocycles. The van der Waals surface area contributed by atoms with Crippen molar-refractivity contribution in [2.45, 2.75) is 26.7 Å². The predicted octanol–water partition coefficient (Wildman–Crippen LogP) is 0.849. The molecule has 0 spiro atoms. The molecule has 1 rings (SSSR count). The van der Waals surface area contributed by atoms with Gasteiger partial charge in [-0.05, 0) is 19.5 Å². The van der Waals surface area contributed by atoms with Crippen LogP contribution < -0.4 is 5.73 Å². The van der Waals surface area contributed by atoms with Crippen LogP contribution in [0.3, 0.4) is 0 Å². The van der Waals surface area contributed by atoms with Crippen LogP contribution in [-0.2, 0) is 12.8 Å². The topological polar surface area (TPSA) is 51.8 Å². The Morgan fingerprint density at radius 2 is 2.17 bits per heavy atom. The zero-order chi connectivity index (χ0) is 8.97. The summed E-state index contributed by atoms with van der Waals surface area (Å²) in [5.41, 5.74) is 7.53. The van der Waals surface area contributed by atoms with Crippen LogP contribution in [-0.4, -0.2) is 16.5 Å². The molecule has 0 saturated carbocycles. The molecule has 1 aromatic rings. The fourth-order valence-electron chi connectivity index (χ4n) is 1.13. The van der Waals surface area contributed by atoms with E-state index in [1.165, 1.54) is 0 Å². The highest BCUT2D eigenvalue weighted by Crippen LogP contribution is 2.01. The van der Waals surface area contributed by atoms with Gasteiger partial charge in [-0.2, -0.15) is 0 Å². The molecule has 2 N–H and O–H groups in total. The maximum absolute atomic E-state index is 5.44. The highest BCUT2D eigenvalue weighted by Gasteiger charge is 1.98. The van der Waals surface area contributed by atoms with Crippen LogP contribution in [0.4, 0.5) is 0 Å². The van der Waals surface area contributed by atoms with Crippen LogP contribution in [0, 0.1) is 6.92 Å². The van der Waals surface area contributed by atoms with Crippen molar-refractivity contribution in [3.8, 4) is 0 Å². The van der Waals surface area contributed by atoms with Gasteiger partial charge in [0.25, 0.3) is 0 Å². The largest absolute Gasteiger partial charge is 0.330 e. The number of nitrogens with two attached hydrogens (primary N) is 1. The van der Waals surface area contributed by atoms with E-state index in [1.807, 2.05) is 13.0 Å². The molecule has 12 heavy (non-hydrogen) atoms. The molecule has 0 bridgehead atoms. The summed E-state index contributed by atoms with van der Waals surface area (Å²) in [5.74, 6) is 0.915. The Kier molecular flexibility index (Phi) is 3.17. The first kappa shape index (κ1) is 9.13. The van der Waals surface area contributed by atoms with E-state index >= 15 is 0 Å². The summed E-state index contributed by atoms with van der Waals surface area (Å²) in [6.07, 6.45) is 1.73. The molecule has 3 heteroatoms. The molecule has 0 aliphatic carbocycles. The number of aromatic nitrogens is 2. The van der Waals surface area contributed by atoms with E-state index in [-0.39, 0.29) is 0 Å². The summed E-state index contributed by atoms with van der Waals surface area (Å²) >= 11 is 0. The average molecular weight is 165 g/mol. The van der Waals surface area contributed by atoms with Crippen molar-refractivity contribution in [1.82, 2.24) is 9.97 Å². The quantitative estimate of drug-likeness (QED) is 0.722. The van der Waals surface area contributed by atoms with E-state index in [0.29, 0.717) is 6.54 Å². The Bertz CT molecular complexity index is 258. The third-order valence-corrected chi connectivity index (χ3v) is 1.67. The van der Waals surface area contributed by atoms with Gasteiger partial charge < -0.3 is 5.73 Å². The molecule has 0 radical (unpaired) electrons. The molecular weight excluding hydrogens is 150 g/mol. The zero-order valence-corrected chi connectivity index (χ0v) is 7.67. The third-order valence-electron chi connectivity index (χ3n) is 1.67. The van der Waals surface area contributed by atoms with Gasteiger partial charge in [-0.3, -0.25) is 0 Å². The van der Waals surface area contributed by atoms with Gasteiger partial charge >= 0.3 is 0 Å². The summed E-state index contributed by atoms with van der Waals surface area (Å²) in [5, 5.41) is 0. The highest BCUT2D eigenvalue weighted by atomic mass is 14.9. The molecule has 66 valence electrons. The Balaban J connectivity index is 2.90. The maximum Gasteiger partial charge on any atom is 0.128 e. The van der Waals surface area contributed by atoms with Crippen molar-refractivity contribution < 1.29 is 0 Å². The van der Waals surface area contributed by atoms with Gasteiger partial charge in [-0.15, -0.1) is 0 Å². The molecule has 0 aromatic carbocycles. The van der Waals surface area contributed by atoms with Crippen LogP contribution in [0.5, 0.6) is 0 Å². The molecule has 0 unspecified atom stereocenters. The van der Waals surface area contributed by atoms with E-state index in [2.05, 4.69) is 16.9 Å². The first-order valence-corrected chi connectivity index (χ1v) is 4.29. The fourth-order valence-corrected chi connectivity index (χ4v) is 1.13. The molecular formula is C9H15N3. The van der Waals surface area contributed by atoms with Crippen molar-refractivity contribution in [2.75, 3.05) is 6.54 Å². The molecule has 3 nitrogen and oxygen atoms in total. The molecule has 0 atom stereocenters. The van der Waals surface area contributed by atoms with E-state index in [4.69, 9.17) is 5.73 Å². The van der Waals surface area contributed by atoms with Gasteiger partial charge in [-0.25, -0.2) is 9.97 Å². The van der Waals surface area contributed by atoms with Crippen LogP contribution in [0.2, 0.25) is 0 Å². The Hall–Kier alpha value is -0.960. The molecule has 1 aromatic heterocycles. The molecule has 0 aliphatic rings. The van der Waals surface area contributed by atoms with Gasteiger partial charge in [-0.1, -0.05) is 6.92 Å². The SMILES string of the molecule is CCc1nc(C)cc(CCN)n1. The van der Waals surface area contributed by atoms with Gasteiger partial charge in [0.1, 0.15) is 5.82 Å². The smallest absolute Gasteiger partial charge is 0.128 e. The fraction of sp³-hybridized carbons (Fsp3) is 0.556. The van der Waals surface area contributed by atoms with Gasteiger partial charge in [0, 0.05) is 24.2 Å². The monoisotopic (exact) mass is 165 g/mol. The first-order valence-electron chi connectivity index (χ1n) is 4.29. The van der Waals surface area contributed by atoms with Crippen molar-refractivity contribution in [3.05, 3.63) is 23.3 Å². The summed E-state index contributed by atoms with van der Waals surface area (Å²) in [6.45, 7) is 4.70. The number of hydrogen-bond donors (Lipinski definition) is 1. The first-order chi connectivity index (χ1) is 5.76. The lowest BCUT2D eigenvalue weighted by atomic mass is 10.2. The second-order valence-electron chi connectivity index (χ2n) is 2.81. The predicted molar refractivity (Wildman–Crippen MR) is 48.9 cm³/mol. The maximum atomic E-state index is 5.44.